The van der Waals surface area contributed by atoms with Gasteiger partial charge in [-0.2, -0.15) is 5.26 Å². The van der Waals surface area contributed by atoms with Crippen molar-refractivity contribution in [2.75, 3.05) is 23.8 Å². The van der Waals surface area contributed by atoms with E-state index < -0.39 is 16.0 Å². The molecule has 0 spiro atoms. The van der Waals surface area contributed by atoms with Crippen LogP contribution in [0.5, 0.6) is 5.75 Å². The van der Waals surface area contributed by atoms with E-state index in [0.29, 0.717) is 17.1 Å². The van der Waals surface area contributed by atoms with Crippen LogP contribution in [0.2, 0.25) is 0 Å². The number of anilines is 2. The van der Waals surface area contributed by atoms with Crippen LogP contribution in [0.4, 0.5) is 11.4 Å². The van der Waals surface area contributed by atoms with Crippen LogP contribution >= 0.6 is 0 Å². The van der Waals surface area contributed by atoms with Gasteiger partial charge in [-0.25, -0.2) is 13.2 Å². The van der Waals surface area contributed by atoms with Gasteiger partial charge in [0.15, 0.2) is 5.57 Å². The lowest BCUT2D eigenvalue weighted by molar-refractivity contribution is -0.138. The molecule has 0 amide bonds. The number of nitriles is 1. The Bertz CT molecular complexity index is 1010. The molecule has 0 aliphatic heterocycles. The van der Waals surface area contributed by atoms with Crippen LogP contribution in [0.25, 0.3) is 0 Å². The minimum Gasteiger partial charge on any atom is -0.495 e. The van der Waals surface area contributed by atoms with Crippen LogP contribution in [-0.2, 0) is 19.6 Å². The molecule has 0 atom stereocenters. The standard InChI is InChI=1S/C19H19N3O5S/c1-3-27-19(23)14(12-20)13-21-15-8-10-16(11-9-15)28(24,25)22-17-6-4-5-7-18(17)26-2/h4-11,13,21-22H,3H2,1-2H3/b14-13+. The van der Waals surface area contributed by atoms with Gasteiger partial charge in [0, 0.05) is 11.9 Å². The van der Waals surface area contributed by atoms with E-state index in [9.17, 15) is 13.2 Å². The molecule has 8 nitrogen and oxygen atoms in total. The van der Waals surface area contributed by atoms with Crippen molar-refractivity contribution in [3.8, 4) is 11.8 Å². The molecule has 0 heterocycles. The molecule has 0 bridgehead atoms. The number of para-hydroxylation sites is 2. The molecule has 0 saturated heterocycles. The summed E-state index contributed by atoms with van der Waals surface area (Å²) in [6.07, 6.45) is 1.20. The smallest absolute Gasteiger partial charge is 0.350 e. The molecule has 0 aromatic heterocycles. The third-order valence-electron chi connectivity index (χ3n) is 3.51. The number of methoxy groups -OCH3 is 1. The third-order valence-corrected chi connectivity index (χ3v) is 4.90. The zero-order valence-electron chi connectivity index (χ0n) is 15.3. The average Bonchev–Trinajstić information content (AvgIpc) is 2.69. The molecule has 0 unspecified atom stereocenters. The molecule has 146 valence electrons. The minimum absolute atomic E-state index is 0.0406. The second-order valence-electron chi connectivity index (χ2n) is 5.36. The number of benzene rings is 2. The summed E-state index contributed by atoms with van der Waals surface area (Å²) in [6, 6.07) is 14.2. The Labute approximate surface area is 163 Å². The molecular weight excluding hydrogens is 382 g/mol. The number of ether oxygens (including phenoxy) is 2. The first-order valence-corrected chi connectivity index (χ1v) is 9.69. The lowest BCUT2D eigenvalue weighted by atomic mass is 10.3. The normalized spacial score (nSPS) is 11.2. The first-order valence-electron chi connectivity index (χ1n) is 8.21. The fraction of sp³-hybridized carbons (Fsp3) is 0.158. The fourth-order valence-electron chi connectivity index (χ4n) is 2.16. The molecule has 9 heteroatoms. The maximum atomic E-state index is 12.6. The van der Waals surface area contributed by atoms with E-state index in [-0.39, 0.29) is 17.1 Å². The average molecular weight is 401 g/mol. The quantitative estimate of drug-likeness (QED) is 0.397. The zero-order valence-corrected chi connectivity index (χ0v) is 16.1. The van der Waals surface area contributed by atoms with E-state index in [1.54, 1.807) is 37.3 Å². The number of esters is 1. The number of hydrogen-bond donors (Lipinski definition) is 2. The largest absolute Gasteiger partial charge is 0.495 e. The summed E-state index contributed by atoms with van der Waals surface area (Å²) in [5.41, 5.74) is 0.618. The molecule has 0 radical (unpaired) electrons. The zero-order chi connectivity index (χ0) is 20.6. The first kappa shape index (κ1) is 20.8. The van der Waals surface area contributed by atoms with Gasteiger partial charge in [-0.15, -0.1) is 0 Å². The van der Waals surface area contributed by atoms with Crippen molar-refractivity contribution < 1.29 is 22.7 Å². The highest BCUT2D eigenvalue weighted by molar-refractivity contribution is 7.92. The summed E-state index contributed by atoms with van der Waals surface area (Å²) in [5.74, 6) is -0.338. The number of sulfonamides is 1. The van der Waals surface area contributed by atoms with Crippen molar-refractivity contribution in [2.24, 2.45) is 0 Å². The van der Waals surface area contributed by atoms with E-state index in [0.717, 1.165) is 0 Å². The lowest BCUT2D eigenvalue weighted by Crippen LogP contribution is -2.13. The Morgan fingerprint density at radius 3 is 2.46 bits per heavy atom. The van der Waals surface area contributed by atoms with Crippen LogP contribution in [0, 0.1) is 11.3 Å². The van der Waals surface area contributed by atoms with Crippen molar-refractivity contribution in [2.45, 2.75) is 11.8 Å². The van der Waals surface area contributed by atoms with Crippen LogP contribution in [0.1, 0.15) is 6.92 Å². The van der Waals surface area contributed by atoms with E-state index in [2.05, 4.69) is 10.0 Å². The molecule has 0 fully saturated rings. The maximum absolute atomic E-state index is 12.6. The molecular formula is C19H19N3O5S. The molecule has 0 saturated carbocycles. The van der Waals surface area contributed by atoms with Crippen LogP contribution in [-0.4, -0.2) is 28.1 Å². The number of carbonyl (C=O) groups excluding carboxylic acids is 1. The Morgan fingerprint density at radius 1 is 1.18 bits per heavy atom. The molecule has 0 aliphatic carbocycles. The highest BCUT2D eigenvalue weighted by Crippen LogP contribution is 2.26. The van der Waals surface area contributed by atoms with Crippen molar-refractivity contribution in [1.82, 2.24) is 0 Å². The van der Waals surface area contributed by atoms with Crippen LogP contribution in [0.15, 0.2) is 65.2 Å². The summed E-state index contributed by atoms with van der Waals surface area (Å²) < 4.78 is 37.5. The van der Waals surface area contributed by atoms with Gasteiger partial charge < -0.3 is 14.8 Å². The van der Waals surface area contributed by atoms with E-state index in [4.69, 9.17) is 14.7 Å². The number of rotatable bonds is 8. The van der Waals surface area contributed by atoms with Gasteiger partial charge in [0.05, 0.1) is 24.3 Å². The Kier molecular flexibility index (Phi) is 7.01. The summed E-state index contributed by atoms with van der Waals surface area (Å²) in [4.78, 5) is 11.6. The summed E-state index contributed by atoms with van der Waals surface area (Å²) in [6.45, 7) is 1.79. The fourth-order valence-corrected chi connectivity index (χ4v) is 3.23. The van der Waals surface area contributed by atoms with Crippen molar-refractivity contribution >= 4 is 27.4 Å². The van der Waals surface area contributed by atoms with Gasteiger partial charge in [-0.3, -0.25) is 4.72 Å². The van der Waals surface area contributed by atoms with Crippen molar-refractivity contribution in [3.05, 3.63) is 60.3 Å². The topological polar surface area (TPSA) is 118 Å². The monoisotopic (exact) mass is 401 g/mol. The molecule has 2 aromatic rings. The minimum atomic E-state index is -3.82. The SMILES string of the molecule is CCOC(=O)/C(C#N)=C/Nc1ccc(S(=O)(=O)Nc2ccccc2OC)cc1. The van der Waals surface area contributed by atoms with Gasteiger partial charge >= 0.3 is 5.97 Å². The summed E-state index contributed by atoms with van der Waals surface area (Å²) in [5, 5.41) is 11.7. The van der Waals surface area contributed by atoms with Gasteiger partial charge in [0.2, 0.25) is 0 Å². The highest BCUT2D eigenvalue weighted by Gasteiger charge is 2.16. The van der Waals surface area contributed by atoms with E-state index >= 15 is 0 Å². The van der Waals surface area contributed by atoms with Gasteiger partial charge in [0.1, 0.15) is 11.8 Å². The third kappa shape index (κ3) is 5.25. The van der Waals surface area contributed by atoms with Crippen LogP contribution < -0.4 is 14.8 Å². The number of hydrogen-bond acceptors (Lipinski definition) is 7. The summed E-state index contributed by atoms with van der Waals surface area (Å²) in [7, 11) is -2.37. The second-order valence-corrected chi connectivity index (χ2v) is 7.05. The molecule has 2 aromatic carbocycles. The number of carbonyl (C=O) groups is 1. The molecule has 0 aliphatic rings. The van der Waals surface area contributed by atoms with Gasteiger partial charge in [-0.05, 0) is 43.3 Å². The number of nitrogens with zero attached hydrogens (tertiary/aromatic N) is 1. The van der Waals surface area contributed by atoms with Crippen molar-refractivity contribution in [3.63, 3.8) is 0 Å². The van der Waals surface area contributed by atoms with Gasteiger partial charge in [0.25, 0.3) is 10.0 Å². The summed E-state index contributed by atoms with van der Waals surface area (Å²) >= 11 is 0. The van der Waals surface area contributed by atoms with Crippen LogP contribution in [0.3, 0.4) is 0 Å². The Balaban J connectivity index is 2.15. The Hall–Kier alpha value is -3.51. The molecule has 28 heavy (non-hydrogen) atoms. The molecule has 2 N–H and O–H groups in total. The lowest BCUT2D eigenvalue weighted by Gasteiger charge is -2.12. The first-order chi connectivity index (χ1) is 13.4. The predicted molar refractivity (Wildman–Crippen MR) is 104 cm³/mol. The van der Waals surface area contributed by atoms with Crippen molar-refractivity contribution in [1.29, 1.82) is 5.26 Å². The maximum Gasteiger partial charge on any atom is 0.350 e. The highest BCUT2D eigenvalue weighted by atomic mass is 32.2. The predicted octanol–water partition coefficient (Wildman–Crippen LogP) is 2.88. The molecule has 2 rings (SSSR count). The van der Waals surface area contributed by atoms with Gasteiger partial charge in [-0.1, -0.05) is 12.1 Å². The second kappa shape index (κ2) is 9.43. The number of nitrogens with one attached hydrogen (secondary N) is 2. The van der Waals surface area contributed by atoms with E-state index in [1.165, 1.54) is 37.6 Å². The Morgan fingerprint density at radius 2 is 1.86 bits per heavy atom. The van der Waals surface area contributed by atoms with E-state index in [1.807, 2.05) is 0 Å².